The maximum absolute atomic E-state index is 6.10. The van der Waals surface area contributed by atoms with E-state index in [1.807, 2.05) is 6.08 Å². The number of hydrogen-bond donors (Lipinski definition) is 0. The topological polar surface area (TPSA) is 0 Å². The van der Waals surface area contributed by atoms with Gasteiger partial charge in [-0.3, -0.25) is 0 Å². The van der Waals surface area contributed by atoms with Gasteiger partial charge in [-0.1, -0.05) is 50.0 Å². The zero-order valence-electron chi connectivity index (χ0n) is 7.75. The second kappa shape index (κ2) is 3.43. The summed E-state index contributed by atoms with van der Waals surface area (Å²) in [6.45, 7) is 6.50. The Bertz CT molecular complexity index is 241. The second-order valence-corrected chi connectivity index (χ2v) is 4.92. The molecule has 0 spiro atoms. The van der Waals surface area contributed by atoms with Gasteiger partial charge in [0.25, 0.3) is 0 Å². The molecule has 0 bridgehead atoms. The standard InChI is InChI=1S/C10H14Cl2/c1-10(2,3)7-5-4-6-8(11)9(7)12/h6H,4-5H2,1-3H3. The molecule has 0 unspecified atom stereocenters. The van der Waals surface area contributed by atoms with Gasteiger partial charge in [0.15, 0.2) is 0 Å². The summed E-state index contributed by atoms with van der Waals surface area (Å²) in [7, 11) is 0. The van der Waals surface area contributed by atoms with Gasteiger partial charge in [0.1, 0.15) is 0 Å². The van der Waals surface area contributed by atoms with Crippen LogP contribution < -0.4 is 0 Å². The summed E-state index contributed by atoms with van der Waals surface area (Å²) >= 11 is 12.0. The van der Waals surface area contributed by atoms with Crippen molar-refractivity contribution in [3.8, 4) is 0 Å². The summed E-state index contributed by atoms with van der Waals surface area (Å²) in [4.78, 5) is 0. The van der Waals surface area contributed by atoms with Crippen molar-refractivity contribution in [3.05, 3.63) is 21.7 Å². The van der Waals surface area contributed by atoms with E-state index >= 15 is 0 Å². The molecule has 1 aliphatic rings. The molecule has 0 saturated heterocycles. The smallest absolute Gasteiger partial charge is 0.0586 e. The van der Waals surface area contributed by atoms with Gasteiger partial charge in [0.2, 0.25) is 0 Å². The zero-order valence-corrected chi connectivity index (χ0v) is 9.26. The maximum atomic E-state index is 6.10. The Morgan fingerprint density at radius 2 is 1.83 bits per heavy atom. The minimum atomic E-state index is 0.144. The Kier molecular flexibility index (Phi) is 2.90. The molecular formula is C10H14Cl2. The highest BCUT2D eigenvalue weighted by molar-refractivity contribution is 6.44. The van der Waals surface area contributed by atoms with Crippen molar-refractivity contribution in [1.82, 2.24) is 0 Å². The van der Waals surface area contributed by atoms with E-state index < -0.39 is 0 Å². The van der Waals surface area contributed by atoms with Gasteiger partial charge in [-0.25, -0.2) is 0 Å². The number of halogens is 2. The molecule has 0 atom stereocenters. The zero-order chi connectivity index (χ0) is 9.35. The average molecular weight is 205 g/mol. The molecule has 0 saturated carbocycles. The molecule has 0 aromatic heterocycles. The van der Waals surface area contributed by atoms with Crippen LogP contribution in [0.5, 0.6) is 0 Å². The van der Waals surface area contributed by atoms with E-state index in [1.165, 1.54) is 5.57 Å². The Labute approximate surface area is 84.2 Å². The molecule has 0 heterocycles. The molecule has 0 nitrogen and oxygen atoms in total. The van der Waals surface area contributed by atoms with Gasteiger partial charge in [-0.15, -0.1) is 0 Å². The summed E-state index contributed by atoms with van der Waals surface area (Å²) in [5, 5.41) is 1.48. The third kappa shape index (κ3) is 2.05. The van der Waals surface area contributed by atoms with Crippen LogP contribution in [0.15, 0.2) is 21.7 Å². The van der Waals surface area contributed by atoms with Crippen LogP contribution >= 0.6 is 23.2 Å². The average Bonchev–Trinajstić information content (AvgIpc) is 1.92. The normalized spacial score (nSPS) is 19.6. The van der Waals surface area contributed by atoms with Crippen molar-refractivity contribution < 1.29 is 0 Å². The quantitative estimate of drug-likeness (QED) is 0.548. The highest BCUT2D eigenvalue weighted by Crippen LogP contribution is 2.40. The largest absolute Gasteiger partial charge is 0.0831 e. The highest BCUT2D eigenvalue weighted by atomic mass is 35.5. The van der Waals surface area contributed by atoms with Crippen LogP contribution in [0.3, 0.4) is 0 Å². The molecule has 0 aromatic rings. The Morgan fingerprint density at radius 1 is 1.25 bits per heavy atom. The van der Waals surface area contributed by atoms with Crippen LogP contribution in [0.1, 0.15) is 33.6 Å². The summed E-state index contributed by atoms with van der Waals surface area (Å²) in [5.74, 6) is 0. The predicted octanol–water partition coefficient (Wildman–Crippen LogP) is 4.44. The number of rotatable bonds is 0. The van der Waals surface area contributed by atoms with Crippen molar-refractivity contribution in [2.24, 2.45) is 5.41 Å². The van der Waals surface area contributed by atoms with Gasteiger partial charge in [-0.05, 0) is 23.8 Å². The van der Waals surface area contributed by atoms with Crippen LogP contribution in [0.4, 0.5) is 0 Å². The van der Waals surface area contributed by atoms with Crippen molar-refractivity contribution in [2.45, 2.75) is 33.6 Å². The molecule has 0 N–H and O–H groups in total. The Balaban J connectivity index is 3.03. The van der Waals surface area contributed by atoms with E-state index in [2.05, 4.69) is 20.8 Å². The lowest BCUT2D eigenvalue weighted by atomic mass is 9.82. The van der Waals surface area contributed by atoms with E-state index in [0.717, 1.165) is 17.9 Å². The summed E-state index contributed by atoms with van der Waals surface area (Å²) in [6.07, 6.45) is 4.04. The monoisotopic (exact) mass is 204 g/mol. The number of hydrogen-bond acceptors (Lipinski definition) is 0. The van der Waals surface area contributed by atoms with Crippen LogP contribution in [0, 0.1) is 5.41 Å². The summed E-state index contributed by atoms with van der Waals surface area (Å²) < 4.78 is 0. The molecule has 68 valence electrons. The lowest BCUT2D eigenvalue weighted by Crippen LogP contribution is -2.12. The fraction of sp³-hybridized carbons (Fsp3) is 0.600. The Morgan fingerprint density at radius 3 is 2.25 bits per heavy atom. The van der Waals surface area contributed by atoms with E-state index in [1.54, 1.807) is 0 Å². The van der Waals surface area contributed by atoms with Crippen LogP contribution in [0.2, 0.25) is 0 Å². The first kappa shape index (κ1) is 10.1. The van der Waals surface area contributed by atoms with Gasteiger partial charge >= 0.3 is 0 Å². The fourth-order valence-corrected chi connectivity index (χ4v) is 2.07. The lowest BCUT2D eigenvalue weighted by molar-refractivity contribution is 0.479. The van der Waals surface area contributed by atoms with Crippen LogP contribution in [-0.4, -0.2) is 0 Å². The molecule has 0 amide bonds. The molecule has 1 rings (SSSR count). The first-order valence-electron chi connectivity index (χ1n) is 4.18. The molecule has 0 radical (unpaired) electrons. The van der Waals surface area contributed by atoms with E-state index in [-0.39, 0.29) is 5.41 Å². The van der Waals surface area contributed by atoms with Crippen LogP contribution in [-0.2, 0) is 0 Å². The SMILES string of the molecule is CC(C)(C)C1=C(Cl)C(Cl)=CCC1. The van der Waals surface area contributed by atoms with Crippen molar-refractivity contribution in [3.63, 3.8) is 0 Å². The third-order valence-corrected chi connectivity index (χ3v) is 2.97. The van der Waals surface area contributed by atoms with Gasteiger partial charge in [-0.2, -0.15) is 0 Å². The van der Waals surface area contributed by atoms with Gasteiger partial charge in [0, 0.05) is 0 Å². The van der Waals surface area contributed by atoms with E-state index in [0.29, 0.717) is 5.03 Å². The molecule has 0 fully saturated rings. The predicted molar refractivity (Wildman–Crippen MR) is 55.5 cm³/mol. The molecule has 1 aliphatic carbocycles. The first-order chi connectivity index (χ1) is 5.43. The molecule has 0 aromatic carbocycles. The van der Waals surface area contributed by atoms with Crippen molar-refractivity contribution in [2.75, 3.05) is 0 Å². The van der Waals surface area contributed by atoms with E-state index in [9.17, 15) is 0 Å². The fourth-order valence-electron chi connectivity index (χ4n) is 1.39. The lowest BCUT2D eigenvalue weighted by Gasteiger charge is -2.26. The van der Waals surface area contributed by atoms with Crippen LogP contribution in [0.25, 0.3) is 0 Å². The molecule has 2 heteroatoms. The maximum Gasteiger partial charge on any atom is 0.0586 e. The Hall–Kier alpha value is 0.0600. The summed E-state index contributed by atoms with van der Waals surface area (Å²) in [5.41, 5.74) is 1.42. The number of allylic oxidation sites excluding steroid dienone is 4. The molecular weight excluding hydrogens is 191 g/mol. The second-order valence-electron chi connectivity index (χ2n) is 4.13. The van der Waals surface area contributed by atoms with Gasteiger partial charge < -0.3 is 0 Å². The first-order valence-corrected chi connectivity index (χ1v) is 4.93. The van der Waals surface area contributed by atoms with E-state index in [4.69, 9.17) is 23.2 Å². The minimum Gasteiger partial charge on any atom is -0.0831 e. The molecule has 0 aliphatic heterocycles. The molecule has 12 heavy (non-hydrogen) atoms. The van der Waals surface area contributed by atoms with Gasteiger partial charge in [0.05, 0.1) is 10.1 Å². The third-order valence-electron chi connectivity index (χ3n) is 2.10. The highest BCUT2D eigenvalue weighted by Gasteiger charge is 2.23. The summed E-state index contributed by atoms with van der Waals surface area (Å²) in [6, 6.07) is 0. The van der Waals surface area contributed by atoms with Crippen molar-refractivity contribution in [1.29, 1.82) is 0 Å². The van der Waals surface area contributed by atoms with Crippen molar-refractivity contribution >= 4 is 23.2 Å². The minimum absolute atomic E-state index is 0.144.